The van der Waals surface area contributed by atoms with Crippen LogP contribution in [0.2, 0.25) is 5.02 Å². The van der Waals surface area contributed by atoms with Gasteiger partial charge >= 0.3 is 0 Å². The van der Waals surface area contributed by atoms with Crippen LogP contribution in [0.4, 0.5) is 5.69 Å². The first kappa shape index (κ1) is 14.3. The molecule has 0 aliphatic heterocycles. The topological polar surface area (TPSA) is 87.4 Å². The highest BCUT2D eigenvalue weighted by molar-refractivity contribution is 6.32. The molecular formula is C12H18ClN3O3. The van der Waals surface area contributed by atoms with Crippen molar-refractivity contribution in [1.82, 2.24) is 9.78 Å². The molecule has 0 aromatic carbocycles. The van der Waals surface area contributed by atoms with Gasteiger partial charge in [-0.2, -0.15) is 5.10 Å². The molecule has 1 saturated carbocycles. The highest BCUT2D eigenvalue weighted by atomic mass is 35.5. The fourth-order valence-electron chi connectivity index (χ4n) is 2.33. The molecule has 0 radical (unpaired) electrons. The lowest BCUT2D eigenvalue weighted by atomic mass is 10.1. The molecule has 0 saturated heterocycles. The molecule has 3 N–H and O–H groups in total. The summed E-state index contributed by atoms with van der Waals surface area (Å²) in [6.07, 6.45) is 3.86. The van der Waals surface area contributed by atoms with Gasteiger partial charge in [0.15, 0.2) is 0 Å². The van der Waals surface area contributed by atoms with E-state index in [9.17, 15) is 9.90 Å². The molecule has 2 unspecified atom stereocenters. The Kier molecular flexibility index (Phi) is 4.79. The summed E-state index contributed by atoms with van der Waals surface area (Å²) >= 11 is 5.98. The van der Waals surface area contributed by atoms with Crippen LogP contribution in [0.25, 0.3) is 0 Å². The molecule has 106 valence electrons. The largest absolute Gasteiger partial charge is 0.394 e. The molecule has 2 rings (SSSR count). The zero-order valence-electron chi connectivity index (χ0n) is 10.5. The summed E-state index contributed by atoms with van der Waals surface area (Å²) in [5, 5.41) is 25.4. The van der Waals surface area contributed by atoms with Gasteiger partial charge in [0.2, 0.25) is 0 Å². The van der Waals surface area contributed by atoms with Crippen molar-refractivity contribution < 1.29 is 10.2 Å². The number of rotatable bonds is 5. The molecule has 2 atom stereocenters. The van der Waals surface area contributed by atoms with Crippen LogP contribution in [0.1, 0.15) is 19.3 Å². The second-order valence-electron chi connectivity index (χ2n) is 4.84. The van der Waals surface area contributed by atoms with Gasteiger partial charge in [-0.1, -0.05) is 11.6 Å². The summed E-state index contributed by atoms with van der Waals surface area (Å²) in [5.74, 6) is 0.394. The minimum Gasteiger partial charge on any atom is -0.394 e. The van der Waals surface area contributed by atoms with Crippen LogP contribution in [0.3, 0.4) is 0 Å². The van der Waals surface area contributed by atoms with Gasteiger partial charge in [-0.05, 0) is 25.2 Å². The number of hydrogen-bond acceptors (Lipinski definition) is 5. The van der Waals surface area contributed by atoms with Gasteiger partial charge in [-0.25, -0.2) is 4.68 Å². The first-order valence-corrected chi connectivity index (χ1v) is 6.78. The average Bonchev–Trinajstić information content (AvgIpc) is 2.80. The Hall–Kier alpha value is -1.11. The van der Waals surface area contributed by atoms with Gasteiger partial charge in [0, 0.05) is 6.54 Å². The standard InChI is InChI=1S/C12H18ClN3O3/c13-11-10(7-15-16(3-4-17)12(11)19)14-6-8-1-2-9(18)5-8/h7-9,14,17-18H,1-6H2. The molecule has 6 nitrogen and oxygen atoms in total. The van der Waals surface area contributed by atoms with E-state index in [2.05, 4.69) is 10.4 Å². The first-order chi connectivity index (χ1) is 9.11. The second-order valence-corrected chi connectivity index (χ2v) is 5.22. The number of nitrogens with zero attached hydrogens (tertiary/aromatic N) is 2. The SMILES string of the molecule is O=c1c(Cl)c(NCC2CCC(O)C2)cnn1CCO. The lowest BCUT2D eigenvalue weighted by Gasteiger charge is -2.13. The van der Waals surface area contributed by atoms with E-state index < -0.39 is 5.56 Å². The summed E-state index contributed by atoms with van der Waals surface area (Å²) in [6.45, 7) is 0.644. The van der Waals surface area contributed by atoms with Crippen LogP contribution in [-0.2, 0) is 6.54 Å². The predicted molar refractivity (Wildman–Crippen MR) is 72.4 cm³/mol. The molecule has 1 aromatic heterocycles. The molecule has 7 heteroatoms. The average molecular weight is 288 g/mol. The van der Waals surface area contributed by atoms with E-state index in [0.717, 1.165) is 23.9 Å². The van der Waals surface area contributed by atoms with Gasteiger partial charge in [0.25, 0.3) is 5.56 Å². The van der Waals surface area contributed by atoms with Crippen LogP contribution in [-0.4, -0.2) is 39.2 Å². The summed E-state index contributed by atoms with van der Waals surface area (Å²) in [5.41, 5.74) is 0.0921. The number of anilines is 1. The predicted octanol–water partition coefficient (Wildman–Crippen LogP) is 0.462. The first-order valence-electron chi connectivity index (χ1n) is 6.40. The van der Waals surface area contributed by atoms with Gasteiger partial charge in [0.05, 0.1) is 31.1 Å². The van der Waals surface area contributed by atoms with Gasteiger partial charge in [-0.15, -0.1) is 0 Å². The molecule has 0 amide bonds. The Morgan fingerprint density at radius 1 is 1.53 bits per heavy atom. The lowest BCUT2D eigenvalue weighted by Crippen LogP contribution is -2.26. The third-order valence-electron chi connectivity index (χ3n) is 3.39. The molecule has 1 aromatic rings. The van der Waals surface area contributed by atoms with E-state index in [0.29, 0.717) is 18.2 Å². The van der Waals surface area contributed by atoms with Crippen molar-refractivity contribution in [3.05, 3.63) is 21.6 Å². The van der Waals surface area contributed by atoms with Crippen LogP contribution in [0, 0.1) is 5.92 Å². The Balaban J connectivity index is 2.01. The number of hydrogen-bond donors (Lipinski definition) is 3. The summed E-state index contributed by atoms with van der Waals surface area (Å²) in [7, 11) is 0. The van der Waals surface area contributed by atoms with E-state index in [4.69, 9.17) is 16.7 Å². The van der Waals surface area contributed by atoms with Crippen molar-refractivity contribution in [2.75, 3.05) is 18.5 Å². The number of halogens is 1. The van der Waals surface area contributed by atoms with Gasteiger partial charge < -0.3 is 15.5 Å². The van der Waals surface area contributed by atoms with Crippen molar-refractivity contribution >= 4 is 17.3 Å². The minimum absolute atomic E-state index is 0.0852. The maximum absolute atomic E-state index is 11.8. The van der Waals surface area contributed by atoms with Crippen LogP contribution in [0.5, 0.6) is 0 Å². The molecule has 0 spiro atoms. The zero-order chi connectivity index (χ0) is 13.8. The maximum atomic E-state index is 11.8. The summed E-state index contributed by atoms with van der Waals surface area (Å²) in [4.78, 5) is 11.8. The maximum Gasteiger partial charge on any atom is 0.287 e. The van der Waals surface area contributed by atoms with Crippen molar-refractivity contribution in [3.63, 3.8) is 0 Å². The lowest BCUT2D eigenvalue weighted by molar-refractivity contribution is 0.178. The van der Waals surface area contributed by atoms with Crippen LogP contribution < -0.4 is 10.9 Å². The Morgan fingerprint density at radius 2 is 2.32 bits per heavy atom. The number of aliphatic hydroxyl groups excluding tert-OH is 2. The molecular weight excluding hydrogens is 270 g/mol. The number of aromatic nitrogens is 2. The van der Waals surface area contributed by atoms with E-state index >= 15 is 0 Å². The van der Waals surface area contributed by atoms with E-state index in [1.807, 2.05) is 0 Å². The Morgan fingerprint density at radius 3 is 2.95 bits per heavy atom. The van der Waals surface area contributed by atoms with Crippen molar-refractivity contribution in [3.8, 4) is 0 Å². The van der Waals surface area contributed by atoms with E-state index in [1.54, 1.807) is 0 Å². The van der Waals surface area contributed by atoms with Crippen molar-refractivity contribution in [2.45, 2.75) is 31.9 Å². The Labute approximate surface area is 116 Å². The molecule has 19 heavy (non-hydrogen) atoms. The van der Waals surface area contributed by atoms with Crippen molar-refractivity contribution in [1.29, 1.82) is 0 Å². The van der Waals surface area contributed by atoms with Crippen LogP contribution >= 0.6 is 11.6 Å². The second kappa shape index (κ2) is 6.36. The fraction of sp³-hybridized carbons (Fsp3) is 0.667. The third-order valence-corrected chi connectivity index (χ3v) is 3.76. The molecule has 1 fully saturated rings. The number of aliphatic hydroxyl groups is 2. The highest BCUT2D eigenvalue weighted by Gasteiger charge is 2.22. The van der Waals surface area contributed by atoms with E-state index in [-0.39, 0.29) is 24.3 Å². The summed E-state index contributed by atoms with van der Waals surface area (Å²) in [6, 6.07) is 0. The fourth-order valence-corrected chi connectivity index (χ4v) is 2.54. The molecule has 1 aliphatic carbocycles. The van der Waals surface area contributed by atoms with Gasteiger partial charge in [0.1, 0.15) is 5.02 Å². The third kappa shape index (κ3) is 3.46. The quantitative estimate of drug-likeness (QED) is 0.732. The van der Waals surface area contributed by atoms with E-state index in [1.165, 1.54) is 6.20 Å². The number of nitrogens with one attached hydrogen (secondary N) is 1. The highest BCUT2D eigenvalue weighted by Crippen LogP contribution is 2.26. The Bertz CT molecular complexity index is 492. The summed E-state index contributed by atoms with van der Waals surface area (Å²) < 4.78 is 1.13. The smallest absolute Gasteiger partial charge is 0.287 e. The normalized spacial score (nSPS) is 22.7. The molecule has 1 aliphatic rings. The zero-order valence-corrected chi connectivity index (χ0v) is 11.3. The molecule has 1 heterocycles. The van der Waals surface area contributed by atoms with Crippen molar-refractivity contribution in [2.24, 2.45) is 5.92 Å². The minimum atomic E-state index is -0.410. The molecule has 0 bridgehead atoms. The van der Waals surface area contributed by atoms with Gasteiger partial charge in [-0.3, -0.25) is 4.79 Å². The van der Waals surface area contributed by atoms with Crippen LogP contribution in [0.15, 0.2) is 11.0 Å². The monoisotopic (exact) mass is 287 g/mol.